The molecule has 1 aliphatic rings. The van der Waals surface area contributed by atoms with Crippen molar-refractivity contribution in [1.29, 1.82) is 0 Å². The molecule has 0 radical (unpaired) electrons. The molecule has 1 aliphatic carbocycles. The SMILES string of the molecule is c1nscc1OC1CCCC1. The van der Waals surface area contributed by atoms with E-state index in [4.69, 9.17) is 4.74 Å². The number of hydrogen-bond acceptors (Lipinski definition) is 3. The van der Waals surface area contributed by atoms with Crippen LogP contribution in [0.5, 0.6) is 5.75 Å². The lowest BCUT2D eigenvalue weighted by atomic mass is 10.3. The molecule has 3 heteroatoms. The Kier molecular flexibility index (Phi) is 2.08. The monoisotopic (exact) mass is 169 g/mol. The van der Waals surface area contributed by atoms with Crippen LogP contribution in [0.4, 0.5) is 0 Å². The van der Waals surface area contributed by atoms with Gasteiger partial charge in [-0.15, -0.1) is 0 Å². The molecule has 11 heavy (non-hydrogen) atoms. The molecule has 1 saturated carbocycles. The van der Waals surface area contributed by atoms with Gasteiger partial charge in [-0.3, -0.25) is 0 Å². The van der Waals surface area contributed by atoms with Gasteiger partial charge in [0.15, 0.2) is 0 Å². The third-order valence-electron chi connectivity index (χ3n) is 2.01. The Labute approximate surface area is 70.4 Å². The van der Waals surface area contributed by atoms with Gasteiger partial charge in [0.25, 0.3) is 0 Å². The van der Waals surface area contributed by atoms with Crippen molar-refractivity contribution in [3.8, 4) is 5.75 Å². The molecular formula is C8H11NOS. The van der Waals surface area contributed by atoms with Crippen LogP contribution in [0.15, 0.2) is 11.6 Å². The van der Waals surface area contributed by atoms with E-state index in [0.717, 1.165) is 5.75 Å². The van der Waals surface area contributed by atoms with Crippen molar-refractivity contribution >= 4 is 11.5 Å². The van der Waals surface area contributed by atoms with E-state index in [0.29, 0.717) is 6.10 Å². The highest BCUT2D eigenvalue weighted by atomic mass is 32.1. The lowest BCUT2D eigenvalue weighted by Crippen LogP contribution is -2.09. The first-order valence-corrected chi connectivity index (χ1v) is 4.85. The van der Waals surface area contributed by atoms with E-state index < -0.39 is 0 Å². The zero-order chi connectivity index (χ0) is 7.52. The maximum atomic E-state index is 5.66. The summed E-state index contributed by atoms with van der Waals surface area (Å²) in [6, 6.07) is 0. The largest absolute Gasteiger partial charge is 0.488 e. The fourth-order valence-electron chi connectivity index (χ4n) is 1.45. The van der Waals surface area contributed by atoms with Crippen molar-refractivity contribution in [1.82, 2.24) is 4.37 Å². The average Bonchev–Trinajstić information content (AvgIpc) is 2.60. The predicted molar refractivity (Wildman–Crippen MR) is 45.0 cm³/mol. The summed E-state index contributed by atoms with van der Waals surface area (Å²) in [5.74, 6) is 0.946. The summed E-state index contributed by atoms with van der Waals surface area (Å²) in [7, 11) is 0. The summed E-state index contributed by atoms with van der Waals surface area (Å²) in [5.41, 5.74) is 0. The van der Waals surface area contributed by atoms with E-state index in [1.165, 1.54) is 37.2 Å². The van der Waals surface area contributed by atoms with Gasteiger partial charge in [-0.05, 0) is 37.2 Å². The molecule has 2 nitrogen and oxygen atoms in total. The van der Waals surface area contributed by atoms with E-state index in [2.05, 4.69) is 4.37 Å². The van der Waals surface area contributed by atoms with Gasteiger partial charge in [-0.2, -0.15) is 4.37 Å². The molecule has 0 bridgehead atoms. The van der Waals surface area contributed by atoms with Crippen molar-refractivity contribution in [2.24, 2.45) is 0 Å². The van der Waals surface area contributed by atoms with Crippen molar-refractivity contribution in [2.75, 3.05) is 0 Å². The van der Waals surface area contributed by atoms with Crippen LogP contribution in [0, 0.1) is 0 Å². The topological polar surface area (TPSA) is 22.1 Å². The van der Waals surface area contributed by atoms with Crippen molar-refractivity contribution in [3.05, 3.63) is 11.6 Å². The Balaban J connectivity index is 1.90. The number of rotatable bonds is 2. The summed E-state index contributed by atoms with van der Waals surface area (Å²) in [6.07, 6.45) is 7.34. The molecule has 1 fully saturated rings. The normalized spacial score (nSPS) is 18.9. The van der Waals surface area contributed by atoms with E-state index in [-0.39, 0.29) is 0 Å². The van der Waals surface area contributed by atoms with Gasteiger partial charge in [0.1, 0.15) is 5.75 Å². The third kappa shape index (κ3) is 1.71. The Bertz CT molecular complexity index is 204. The molecule has 1 aromatic rings. The van der Waals surface area contributed by atoms with Gasteiger partial charge < -0.3 is 4.74 Å². The fraction of sp³-hybridized carbons (Fsp3) is 0.625. The maximum Gasteiger partial charge on any atom is 0.150 e. The number of aromatic nitrogens is 1. The van der Waals surface area contributed by atoms with Crippen LogP contribution in [0.1, 0.15) is 25.7 Å². The highest BCUT2D eigenvalue weighted by Crippen LogP contribution is 2.24. The van der Waals surface area contributed by atoms with E-state index >= 15 is 0 Å². The zero-order valence-electron chi connectivity index (χ0n) is 6.32. The molecular weight excluding hydrogens is 158 g/mol. The van der Waals surface area contributed by atoms with Crippen molar-refractivity contribution in [3.63, 3.8) is 0 Å². The van der Waals surface area contributed by atoms with Crippen LogP contribution in [0.3, 0.4) is 0 Å². The number of ether oxygens (including phenoxy) is 1. The van der Waals surface area contributed by atoms with Crippen LogP contribution < -0.4 is 4.74 Å². The highest BCUT2D eigenvalue weighted by Gasteiger charge is 2.16. The van der Waals surface area contributed by atoms with E-state index in [1.807, 2.05) is 5.38 Å². The molecule has 1 heterocycles. The van der Waals surface area contributed by atoms with Gasteiger partial charge in [-0.25, -0.2) is 0 Å². The van der Waals surface area contributed by atoms with Gasteiger partial charge in [0.2, 0.25) is 0 Å². The fourth-order valence-corrected chi connectivity index (χ4v) is 1.90. The van der Waals surface area contributed by atoms with E-state index in [9.17, 15) is 0 Å². The molecule has 0 saturated heterocycles. The molecule has 0 aromatic carbocycles. The molecule has 0 aliphatic heterocycles. The second kappa shape index (κ2) is 3.22. The maximum absolute atomic E-state index is 5.66. The summed E-state index contributed by atoms with van der Waals surface area (Å²) >= 11 is 1.45. The second-order valence-electron chi connectivity index (χ2n) is 2.88. The minimum absolute atomic E-state index is 0.464. The quantitative estimate of drug-likeness (QED) is 0.678. The van der Waals surface area contributed by atoms with Crippen LogP contribution in [-0.4, -0.2) is 10.5 Å². The Morgan fingerprint density at radius 3 is 2.91 bits per heavy atom. The molecule has 2 rings (SSSR count). The average molecular weight is 169 g/mol. The van der Waals surface area contributed by atoms with E-state index in [1.54, 1.807) is 6.20 Å². The summed E-state index contributed by atoms with van der Waals surface area (Å²) in [5, 5.41) is 1.96. The third-order valence-corrected chi connectivity index (χ3v) is 2.58. The van der Waals surface area contributed by atoms with Gasteiger partial charge in [0, 0.05) is 0 Å². The minimum atomic E-state index is 0.464. The summed E-state index contributed by atoms with van der Waals surface area (Å²) < 4.78 is 9.64. The lowest BCUT2D eigenvalue weighted by molar-refractivity contribution is 0.210. The van der Waals surface area contributed by atoms with Crippen LogP contribution in [0.25, 0.3) is 0 Å². The number of hydrogen-bond donors (Lipinski definition) is 0. The predicted octanol–water partition coefficient (Wildman–Crippen LogP) is 2.46. The van der Waals surface area contributed by atoms with Crippen LogP contribution in [-0.2, 0) is 0 Å². The molecule has 0 atom stereocenters. The Morgan fingerprint density at radius 2 is 2.27 bits per heavy atom. The first kappa shape index (κ1) is 7.10. The number of nitrogens with zero attached hydrogens (tertiary/aromatic N) is 1. The summed E-state index contributed by atoms with van der Waals surface area (Å²) in [4.78, 5) is 0. The van der Waals surface area contributed by atoms with Gasteiger partial charge in [-0.1, -0.05) is 0 Å². The van der Waals surface area contributed by atoms with Crippen molar-refractivity contribution in [2.45, 2.75) is 31.8 Å². The highest BCUT2D eigenvalue weighted by molar-refractivity contribution is 7.03. The first-order valence-electron chi connectivity index (χ1n) is 4.01. The standard InChI is InChI=1S/C8H11NOS/c1-2-4-7(3-1)10-8-5-9-11-6-8/h5-7H,1-4H2. The molecule has 60 valence electrons. The molecule has 1 aromatic heterocycles. The van der Waals surface area contributed by atoms with Crippen LogP contribution in [0.2, 0.25) is 0 Å². The molecule has 0 spiro atoms. The molecule has 0 amide bonds. The first-order chi connectivity index (χ1) is 5.45. The van der Waals surface area contributed by atoms with Gasteiger partial charge >= 0.3 is 0 Å². The molecule has 0 unspecified atom stereocenters. The van der Waals surface area contributed by atoms with Crippen LogP contribution >= 0.6 is 11.5 Å². The lowest BCUT2D eigenvalue weighted by Gasteiger charge is -2.09. The molecule has 0 N–H and O–H groups in total. The Hall–Kier alpha value is -0.570. The second-order valence-corrected chi connectivity index (χ2v) is 3.54. The summed E-state index contributed by atoms with van der Waals surface area (Å²) in [6.45, 7) is 0. The zero-order valence-corrected chi connectivity index (χ0v) is 7.14. The minimum Gasteiger partial charge on any atom is -0.488 e. The van der Waals surface area contributed by atoms with Gasteiger partial charge in [0.05, 0.1) is 17.7 Å². The van der Waals surface area contributed by atoms with Crippen molar-refractivity contribution < 1.29 is 4.74 Å². The smallest absolute Gasteiger partial charge is 0.150 e. The Morgan fingerprint density at radius 1 is 1.45 bits per heavy atom.